The van der Waals surface area contributed by atoms with E-state index in [1.807, 2.05) is 35.1 Å². The Kier molecular flexibility index (Phi) is 3.61. The molecule has 0 amide bonds. The smallest absolute Gasteiger partial charge is 0.153 e. The van der Waals surface area contributed by atoms with Gasteiger partial charge in [-0.1, -0.05) is 12.1 Å². The van der Waals surface area contributed by atoms with Crippen LogP contribution in [0.4, 0.5) is 5.82 Å². The SMILES string of the molecule is N#Cc1[nH]ccc1-c1ccc2cnn(-c3cnnc(N4CCCC4)c3)c2c1. The number of hydrogen-bond acceptors (Lipinski definition) is 5. The fourth-order valence-electron chi connectivity index (χ4n) is 3.66. The summed E-state index contributed by atoms with van der Waals surface area (Å²) < 4.78 is 1.88. The minimum atomic E-state index is 0.558. The summed E-state index contributed by atoms with van der Waals surface area (Å²) in [6.07, 6.45) is 7.74. The van der Waals surface area contributed by atoms with Gasteiger partial charge in [0.25, 0.3) is 0 Å². The van der Waals surface area contributed by atoms with Crippen LogP contribution in [-0.4, -0.2) is 38.1 Å². The molecule has 1 saturated heterocycles. The highest BCUT2D eigenvalue weighted by Gasteiger charge is 2.16. The van der Waals surface area contributed by atoms with Crippen molar-refractivity contribution < 1.29 is 0 Å². The molecular weight excluding hydrogens is 338 g/mol. The van der Waals surface area contributed by atoms with Gasteiger partial charge in [-0.15, -0.1) is 5.10 Å². The zero-order valence-corrected chi connectivity index (χ0v) is 14.6. The van der Waals surface area contributed by atoms with Crippen molar-refractivity contribution in [3.05, 3.63) is 54.6 Å². The number of nitrogens with zero attached hydrogens (tertiary/aromatic N) is 6. The van der Waals surface area contributed by atoms with Gasteiger partial charge in [0.1, 0.15) is 11.8 Å². The van der Waals surface area contributed by atoms with Crippen molar-refractivity contribution in [3.63, 3.8) is 0 Å². The molecular formula is C20H17N7. The van der Waals surface area contributed by atoms with Gasteiger partial charge in [-0.3, -0.25) is 0 Å². The Labute approximate surface area is 155 Å². The summed E-state index contributed by atoms with van der Waals surface area (Å²) in [6, 6.07) is 12.2. The van der Waals surface area contributed by atoms with Crippen LogP contribution in [0.15, 0.2) is 48.9 Å². The molecule has 4 heterocycles. The first-order chi connectivity index (χ1) is 13.3. The molecule has 0 aliphatic carbocycles. The summed E-state index contributed by atoms with van der Waals surface area (Å²) >= 11 is 0. The van der Waals surface area contributed by atoms with Crippen LogP contribution < -0.4 is 4.90 Å². The molecule has 27 heavy (non-hydrogen) atoms. The molecule has 7 nitrogen and oxygen atoms in total. The molecule has 0 saturated carbocycles. The summed E-state index contributed by atoms with van der Waals surface area (Å²) in [5.41, 5.74) is 4.27. The molecule has 132 valence electrons. The maximum absolute atomic E-state index is 9.29. The van der Waals surface area contributed by atoms with E-state index >= 15 is 0 Å². The largest absolute Gasteiger partial charge is 0.355 e. The Morgan fingerprint density at radius 1 is 1.07 bits per heavy atom. The van der Waals surface area contributed by atoms with E-state index in [0.29, 0.717) is 5.69 Å². The van der Waals surface area contributed by atoms with Crippen molar-refractivity contribution in [3.8, 4) is 22.9 Å². The third-order valence-corrected chi connectivity index (χ3v) is 5.04. The molecule has 3 aromatic heterocycles. The van der Waals surface area contributed by atoms with Gasteiger partial charge in [0.05, 0.1) is 23.6 Å². The molecule has 0 radical (unpaired) electrons. The summed E-state index contributed by atoms with van der Waals surface area (Å²) in [7, 11) is 0. The Bertz CT molecular complexity index is 1160. The second kappa shape index (κ2) is 6.25. The maximum Gasteiger partial charge on any atom is 0.153 e. The summed E-state index contributed by atoms with van der Waals surface area (Å²) in [6.45, 7) is 2.04. The zero-order valence-electron chi connectivity index (χ0n) is 14.6. The number of hydrogen-bond donors (Lipinski definition) is 1. The van der Waals surface area contributed by atoms with Crippen LogP contribution in [0.2, 0.25) is 0 Å². The third-order valence-electron chi connectivity index (χ3n) is 5.04. The van der Waals surface area contributed by atoms with Gasteiger partial charge in [-0.2, -0.15) is 15.5 Å². The average molecular weight is 355 g/mol. The zero-order chi connectivity index (χ0) is 18.2. The Morgan fingerprint density at radius 2 is 1.96 bits per heavy atom. The molecule has 1 aliphatic heterocycles. The third kappa shape index (κ3) is 2.62. The molecule has 7 heteroatoms. The first kappa shape index (κ1) is 15.6. The lowest BCUT2D eigenvalue weighted by Gasteiger charge is -2.16. The fourth-order valence-corrected chi connectivity index (χ4v) is 3.66. The van der Waals surface area contributed by atoms with E-state index < -0.39 is 0 Å². The van der Waals surface area contributed by atoms with Gasteiger partial charge in [0.15, 0.2) is 5.82 Å². The molecule has 1 fully saturated rings. The second-order valence-electron chi connectivity index (χ2n) is 6.67. The van der Waals surface area contributed by atoms with Crippen molar-refractivity contribution >= 4 is 16.7 Å². The van der Waals surface area contributed by atoms with Gasteiger partial charge in [-0.05, 0) is 30.5 Å². The van der Waals surface area contributed by atoms with Gasteiger partial charge < -0.3 is 9.88 Å². The number of nitriles is 1. The average Bonchev–Trinajstić information content (AvgIpc) is 3.47. The van der Waals surface area contributed by atoms with E-state index in [9.17, 15) is 5.26 Å². The van der Waals surface area contributed by atoms with Crippen LogP contribution in [0.1, 0.15) is 18.5 Å². The Morgan fingerprint density at radius 3 is 2.81 bits per heavy atom. The van der Waals surface area contributed by atoms with E-state index in [1.54, 1.807) is 12.4 Å². The van der Waals surface area contributed by atoms with Crippen molar-refractivity contribution in [2.75, 3.05) is 18.0 Å². The predicted octanol–water partition coefficient (Wildman–Crippen LogP) is 3.28. The highest BCUT2D eigenvalue weighted by atomic mass is 15.3. The van der Waals surface area contributed by atoms with Crippen LogP contribution in [0, 0.1) is 11.3 Å². The maximum atomic E-state index is 9.29. The number of aromatic amines is 1. The van der Waals surface area contributed by atoms with Crippen LogP contribution in [0.25, 0.3) is 27.7 Å². The van der Waals surface area contributed by atoms with E-state index in [0.717, 1.165) is 46.6 Å². The lowest BCUT2D eigenvalue weighted by molar-refractivity contribution is 0.855. The topological polar surface area (TPSA) is 86.4 Å². The highest BCUT2D eigenvalue weighted by Crippen LogP contribution is 2.28. The van der Waals surface area contributed by atoms with E-state index in [4.69, 9.17) is 0 Å². The number of aromatic nitrogens is 5. The van der Waals surface area contributed by atoms with Gasteiger partial charge in [0, 0.05) is 36.3 Å². The highest BCUT2D eigenvalue weighted by molar-refractivity contribution is 5.86. The summed E-state index contributed by atoms with van der Waals surface area (Å²) in [4.78, 5) is 5.23. The fraction of sp³-hybridized carbons (Fsp3) is 0.200. The van der Waals surface area contributed by atoms with E-state index in [2.05, 4.69) is 37.3 Å². The van der Waals surface area contributed by atoms with Gasteiger partial charge in [0.2, 0.25) is 0 Å². The molecule has 4 aromatic rings. The number of nitrogens with one attached hydrogen (secondary N) is 1. The minimum absolute atomic E-state index is 0.558. The van der Waals surface area contributed by atoms with Gasteiger partial charge in [-0.25, -0.2) is 4.68 Å². The predicted molar refractivity (Wildman–Crippen MR) is 103 cm³/mol. The monoisotopic (exact) mass is 355 g/mol. The molecule has 0 atom stereocenters. The van der Waals surface area contributed by atoms with E-state index in [1.165, 1.54) is 12.8 Å². The standard InChI is InChI=1S/C20H17N7/c21-11-18-17(5-6-22-18)14-3-4-15-12-24-27(19(15)9-14)16-10-20(25-23-13-16)26-7-1-2-8-26/h3-6,9-10,12-13,22H,1-2,7-8H2. The Balaban J connectivity index is 1.61. The Hall–Kier alpha value is -3.66. The first-order valence-corrected chi connectivity index (χ1v) is 8.97. The summed E-state index contributed by atoms with van der Waals surface area (Å²) in [5, 5.41) is 23.4. The van der Waals surface area contributed by atoms with Crippen LogP contribution in [-0.2, 0) is 0 Å². The second-order valence-corrected chi connectivity index (χ2v) is 6.67. The number of rotatable bonds is 3. The minimum Gasteiger partial charge on any atom is -0.355 e. The van der Waals surface area contributed by atoms with Gasteiger partial charge >= 0.3 is 0 Å². The van der Waals surface area contributed by atoms with Crippen molar-refractivity contribution in [2.24, 2.45) is 0 Å². The lowest BCUT2D eigenvalue weighted by atomic mass is 10.0. The molecule has 0 unspecified atom stereocenters. The van der Waals surface area contributed by atoms with Crippen molar-refractivity contribution in [1.29, 1.82) is 5.26 Å². The van der Waals surface area contributed by atoms with Crippen LogP contribution in [0.3, 0.4) is 0 Å². The molecule has 0 bridgehead atoms. The first-order valence-electron chi connectivity index (χ1n) is 8.97. The van der Waals surface area contributed by atoms with Crippen molar-refractivity contribution in [1.82, 2.24) is 25.0 Å². The quantitative estimate of drug-likeness (QED) is 0.609. The molecule has 1 aliphatic rings. The normalized spacial score (nSPS) is 14.0. The summed E-state index contributed by atoms with van der Waals surface area (Å²) in [5.74, 6) is 0.891. The lowest BCUT2D eigenvalue weighted by Crippen LogP contribution is -2.19. The molecule has 1 aromatic carbocycles. The number of anilines is 1. The molecule has 1 N–H and O–H groups in total. The number of benzene rings is 1. The van der Waals surface area contributed by atoms with Crippen LogP contribution in [0.5, 0.6) is 0 Å². The molecule has 0 spiro atoms. The number of H-pyrrole nitrogens is 1. The molecule has 5 rings (SSSR count). The van der Waals surface area contributed by atoms with Crippen molar-refractivity contribution in [2.45, 2.75) is 12.8 Å². The number of fused-ring (bicyclic) bond motifs is 1. The van der Waals surface area contributed by atoms with Crippen LogP contribution >= 0.6 is 0 Å². The van der Waals surface area contributed by atoms with E-state index in [-0.39, 0.29) is 0 Å².